The molecule has 0 aromatic heterocycles. The standard InChI is InChI=1S/C13H18FNO3S/c1-3-9-7-19(16,17)8-11(15-9)13-10(14)5-4-6-12(13)18-2/h4-6,9,11,15H,3,7-8H2,1-2H3. The number of hydrogen-bond donors (Lipinski definition) is 1. The minimum atomic E-state index is -3.17. The molecule has 4 nitrogen and oxygen atoms in total. The van der Waals surface area contributed by atoms with Gasteiger partial charge in [-0.2, -0.15) is 0 Å². The first-order valence-electron chi connectivity index (χ1n) is 6.25. The topological polar surface area (TPSA) is 55.4 Å². The van der Waals surface area contributed by atoms with Gasteiger partial charge in [0, 0.05) is 11.6 Å². The Labute approximate surface area is 112 Å². The lowest BCUT2D eigenvalue weighted by Gasteiger charge is -2.31. The number of rotatable bonds is 3. The van der Waals surface area contributed by atoms with Crippen LogP contribution in [-0.2, 0) is 9.84 Å². The summed E-state index contributed by atoms with van der Waals surface area (Å²) in [6.45, 7) is 1.91. The Morgan fingerprint density at radius 3 is 2.79 bits per heavy atom. The Bertz CT molecular complexity index is 559. The average molecular weight is 287 g/mol. The van der Waals surface area contributed by atoms with Crippen molar-refractivity contribution < 1.29 is 17.5 Å². The normalized spacial score (nSPS) is 26.1. The minimum Gasteiger partial charge on any atom is -0.496 e. The van der Waals surface area contributed by atoms with E-state index >= 15 is 0 Å². The molecule has 1 N–H and O–H groups in total. The van der Waals surface area contributed by atoms with Crippen LogP contribution in [0.5, 0.6) is 5.75 Å². The fraction of sp³-hybridized carbons (Fsp3) is 0.538. The summed E-state index contributed by atoms with van der Waals surface area (Å²) in [5.41, 5.74) is 0.298. The summed E-state index contributed by atoms with van der Waals surface area (Å²) in [5, 5.41) is 3.19. The number of sulfone groups is 1. The maximum absolute atomic E-state index is 14.0. The van der Waals surface area contributed by atoms with E-state index in [-0.39, 0.29) is 17.5 Å². The first-order chi connectivity index (χ1) is 8.96. The molecule has 0 amide bonds. The van der Waals surface area contributed by atoms with Crippen molar-refractivity contribution in [3.8, 4) is 5.75 Å². The van der Waals surface area contributed by atoms with Crippen molar-refractivity contribution in [2.24, 2.45) is 0 Å². The van der Waals surface area contributed by atoms with E-state index in [0.717, 1.165) is 0 Å². The van der Waals surface area contributed by atoms with Crippen LogP contribution in [0.1, 0.15) is 24.9 Å². The molecule has 106 valence electrons. The van der Waals surface area contributed by atoms with E-state index in [4.69, 9.17) is 4.74 Å². The smallest absolute Gasteiger partial charge is 0.153 e. The van der Waals surface area contributed by atoms with Crippen LogP contribution in [0.3, 0.4) is 0 Å². The van der Waals surface area contributed by atoms with Gasteiger partial charge in [-0.1, -0.05) is 13.0 Å². The van der Waals surface area contributed by atoms with Crippen molar-refractivity contribution in [3.63, 3.8) is 0 Å². The Morgan fingerprint density at radius 1 is 1.42 bits per heavy atom. The number of ether oxygens (including phenoxy) is 1. The Hall–Kier alpha value is -1.14. The van der Waals surface area contributed by atoms with Gasteiger partial charge in [-0.15, -0.1) is 0 Å². The molecular weight excluding hydrogens is 269 g/mol. The minimum absolute atomic E-state index is 0.0964. The number of benzene rings is 1. The molecule has 1 fully saturated rings. The zero-order valence-electron chi connectivity index (χ0n) is 11.0. The molecule has 1 aliphatic rings. The van der Waals surface area contributed by atoms with Gasteiger partial charge < -0.3 is 10.1 Å². The zero-order valence-corrected chi connectivity index (χ0v) is 11.8. The Morgan fingerprint density at radius 2 is 2.16 bits per heavy atom. The fourth-order valence-electron chi connectivity index (χ4n) is 2.45. The first-order valence-corrected chi connectivity index (χ1v) is 8.08. The number of methoxy groups -OCH3 is 1. The van der Waals surface area contributed by atoms with Gasteiger partial charge in [0.25, 0.3) is 0 Å². The molecule has 0 bridgehead atoms. The molecule has 0 aliphatic carbocycles. The van der Waals surface area contributed by atoms with Gasteiger partial charge in [0.1, 0.15) is 11.6 Å². The third-order valence-corrected chi connectivity index (χ3v) is 5.14. The summed E-state index contributed by atoms with van der Waals surface area (Å²) in [5.74, 6) is -0.0503. The Balaban J connectivity index is 2.41. The molecule has 0 radical (unpaired) electrons. The van der Waals surface area contributed by atoms with E-state index in [2.05, 4.69) is 5.32 Å². The molecule has 1 saturated heterocycles. The van der Waals surface area contributed by atoms with Crippen molar-refractivity contribution in [2.45, 2.75) is 25.4 Å². The third kappa shape index (κ3) is 3.06. The number of hydrogen-bond acceptors (Lipinski definition) is 4. The van der Waals surface area contributed by atoms with E-state index in [1.807, 2.05) is 6.92 Å². The van der Waals surface area contributed by atoms with Crippen molar-refractivity contribution >= 4 is 9.84 Å². The van der Waals surface area contributed by atoms with Gasteiger partial charge in [-0.3, -0.25) is 0 Å². The predicted molar refractivity (Wildman–Crippen MR) is 71.6 cm³/mol. The summed E-state index contributed by atoms with van der Waals surface area (Å²) in [6, 6.07) is 3.81. The summed E-state index contributed by atoms with van der Waals surface area (Å²) in [7, 11) is -1.72. The molecule has 0 spiro atoms. The second-order valence-electron chi connectivity index (χ2n) is 4.76. The maximum atomic E-state index is 14.0. The fourth-order valence-corrected chi connectivity index (χ4v) is 4.30. The van der Waals surface area contributed by atoms with Crippen molar-refractivity contribution in [1.29, 1.82) is 0 Å². The molecular formula is C13H18FNO3S. The zero-order chi connectivity index (χ0) is 14.0. The van der Waals surface area contributed by atoms with E-state index in [0.29, 0.717) is 17.7 Å². The lowest BCUT2D eigenvalue weighted by Crippen LogP contribution is -2.47. The quantitative estimate of drug-likeness (QED) is 0.919. The van der Waals surface area contributed by atoms with Crippen molar-refractivity contribution in [2.75, 3.05) is 18.6 Å². The predicted octanol–water partition coefficient (Wildman–Crippen LogP) is 1.67. The number of halogens is 1. The lowest BCUT2D eigenvalue weighted by atomic mass is 10.0. The van der Waals surface area contributed by atoms with Crippen LogP contribution in [0.4, 0.5) is 4.39 Å². The Kier molecular flexibility index (Phi) is 4.10. The van der Waals surface area contributed by atoms with Gasteiger partial charge >= 0.3 is 0 Å². The summed E-state index contributed by atoms with van der Waals surface area (Å²) in [6.07, 6.45) is 0.687. The van der Waals surface area contributed by atoms with E-state index < -0.39 is 21.7 Å². The van der Waals surface area contributed by atoms with Gasteiger partial charge in [-0.05, 0) is 18.6 Å². The van der Waals surface area contributed by atoms with Gasteiger partial charge in [-0.25, -0.2) is 12.8 Å². The first kappa shape index (κ1) is 14.3. The number of nitrogens with one attached hydrogen (secondary N) is 1. The molecule has 1 aromatic rings. The van der Waals surface area contributed by atoms with E-state index in [1.165, 1.54) is 13.2 Å². The van der Waals surface area contributed by atoms with Crippen LogP contribution in [0.15, 0.2) is 18.2 Å². The van der Waals surface area contributed by atoms with E-state index in [1.54, 1.807) is 12.1 Å². The molecule has 6 heteroatoms. The van der Waals surface area contributed by atoms with Gasteiger partial charge in [0.05, 0.1) is 24.7 Å². The molecule has 19 heavy (non-hydrogen) atoms. The van der Waals surface area contributed by atoms with Crippen LogP contribution in [0.25, 0.3) is 0 Å². The molecule has 2 rings (SSSR count). The monoisotopic (exact) mass is 287 g/mol. The largest absolute Gasteiger partial charge is 0.496 e. The highest BCUT2D eigenvalue weighted by Gasteiger charge is 2.34. The molecule has 2 unspecified atom stereocenters. The highest BCUT2D eigenvalue weighted by Crippen LogP contribution is 2.31. The summed E-state index contributed by atoms with van der Waals surface area (Å²) < 4.78 is 43.0. The van der Waals surface area contributed by atoms with E-state index in [9.17, 15) is 12.8 Å². The summed E-state index contributed by atoms with van der Waals surface area (Å²) >= 11 is 0. The second-order valence-corrected chi connectivity index (χ2v) is 6.91. The van der Waals surface area contributed by atoms with Crippen LogP contribution in [-0.4, -0.2) is 33.1 Å². The molecule has 0 saturated carbocycles. The van der Waals surface area contributed by atoms with Gasteiger partial charge in [0.15, 0.2) is 9.84 Å². The highest BCUT2D eigenvalue weighted by molar-refractivity contribution is 7.91. The maximum Gasteiger partial charge on any atom is 0.153 e. The lowest BCUT2D eigenvalue weighted by molar-refractivity contribution is 0.379. The summed E-state index contributed by atoms with van der Waals surface area (Å²) in [4.78, 5) is 0. The molecule has 1 aliphatic heterocycles. The molecule has 2 atom stereocenters. The van der Waals surface area contributed by atoms with Gasteiger partial charge in [0.2, 0.25) is 0 Å². The molecule has 1 aromatic carbocycles. The average Bonchev–Trinajstić information content (AvgIpc) is 2.36. The van der Waals surface area contributed by atoms with Crippen molar-refractivity contribution in [3.05, 3.63) is 29.6 Å². The second kappa shape index (κ2) is 5.46. The van der Waals surface area contributed by atoms with Crippen molar-refractivity contribution in [1.82, 2.24) is 5.32 Å². The SMILES string of the molecule is CCC1CS(=O)(=O)CC(c2c(F)cccc2OC)N1. The van der Waals surface area contributed by atoms with Crippen LogP contribution in [0, 0.1) is 5.82 Å². The van der Waals surface area contributed by atoms with Crippen LogP contribution >= 0.6 is 0 Å². The third-order valence-electron chi connectivity index (χ3n) is 3.39. The van der Waals surface area contributed by atoms with Crippen LogP contribution in [0.2, 0.25) is 0 Å². The van der Waals surface area contributed by atoms with Crippen LogP contribution < -0.4 is 10.1 Å². The highest BCUT2D eigenvalue weighted by atomic mass is 32.2. The molecule has 1 heterocycles.